The van der Waals surface area contributed by atoms with Gasteiger partial charge in [-0.3, -0.25) is 13.9 Å². The zero-order chi connectivity index (χ0) is 23.7. The lowest BCUT2D eigenvalue weighted by atomic mass is 10.1. The number of hydrogen-bond acceptors (Lipinski definition) is 5. The molecule has 2 amide bonds. The number of methoxy groups -OCH3 is 1. The standard InChI is InChI=1S/C23H31N3O5S/c1-5-19(23(28)24-2)25(16-15-18-11-7-6-8-12-18)22(27)17-26(32(4,29)30)20-13-9-10-14-21(20)31-3/h6-14,19H,5,15-17H2,1-4H3,(H,24,28)/t19-/m0/s1. The minimum absolute atomic E-state index is 0.266. The molecule has 9 heteroatoms. The highest BCUT2D eigenvalue weighted by Crippen LogP contribution is 2.29. The van der Waals surface area contributed by atoms with Crippen LogP contribution in [0.5, 0.6) is 5.75 Å². The molecular weight excluding hydrogens is 430 g/mol. The van der Waals surface area contributed by atoms with E-state index in [1.165, 1.54) is 19.1 Å². The van der Waals surface area contributed by atoms with Gasteiger partial charge in [-0.25, -0.2) is 8.42 Å². The summed E-state index contributed by atoms with van der Waals surface area (Å²) in [5.74, 6) is -0.426. The second-order valence-electron chi connectivity index (χ2n) is 7.30. The Balaban J connectivity index is 2.37. The molecule has 0 bridgehead atoms. The van der Waals surface area contributed by atoms with E-state index in [1.807, 2.05) is 37.3 Å². The highest BCUT2D eigenvalue weighted by Gasteiger charge is 2.31. The Morgan fingerprint density at radius 1 is 1.06 bits per heavy atom. The summed E-state index contributed by atoms with van der Waals surface area (Å²) in [5.41, 5.74) is 1.28. The Hall–Kier alpha value is -3.07. The van der Waals surface area contributed by atoms with E-state index >= 15 is 0 Å². The van der Waals surface area contributed by atoms with E-state index in [0.717, 1.165) is 16.1 Å². The van der Waals surface area contributed by atoms with Gasteiger partial charge in [0.25, 0.3) is 0 Å². The largest absolute Gasteiger partial charge is 0.495 e. The summed E-state index contributed by atoms with van der Waals surface area (Å²) in [6.45, 7) is 1.65. The van der Waals surface area contributed by atoms with Crippen molar-refractivity contribution in [3.05, 3.63) is 60.2 Å². The van der Waals surface area contributed by atoms with Gasteiger partial charge in [0.05, 0.1) is 19.1 Å². The van der Waals surface area contributed by atoms with E-state index in [9.17, 15) is 18.0 Å². The predicted octanol–water partition coefficient (Wildman–Crippen LogP) is 2.06. The van der Waals surface area contributed by atoms with Gasteiger partial charge in [-0.1, -0.05) is 49.4 Å². The molecule has 1 N–H and O–H groups in total. The Morgan fingerprint density at radius 3 is 2.25 bits per heavy atom. The fourth-order valence-corrected chi connectivity index (χ4v) is 4.35. The van der Waals surface area contributed by atoms with Crippen molar-refractivity contribution in [1.29, 1.82) is 0 Å². The van der Waals surface area contributed by atoms with Crippen molar-refractivity contribution < 1.29 is 22.7 Å². The molecule has 2 rings (SSSR count). The van der Waals surface area contributed by atoms with Gasteiger partial charge >= 0.3 is 0 Å². The molecule has 0 aliphatic rings. The molecule has 1 atom stereocenters. The molecule has 0 saturated heterocycles. The van der Waals surface area contributed by atoms with Crippen LogP contribution in [0.4, 0.5) is 5.69 Å². The first-order valence-electron chi connectivity index (χ1n) is 10.4. The molecule has 0 saturated carbocycles. The first-order chi connectivity index (χ1) is 15.2. The van der Waals surface area contributed by atoms with E-state index in [4.69, 9.17) is 4.74 Å². The average molecular weight is 462 g/mol. The summed E-state index contributed by atoms with van der Waals surface area (Å²) in [7, 11) is -0.846. The van der Waals surface area contributed by atoms with Crippen LogP contribution in [0, 0.1) is 0 Å². The molecular formula is C23H31N3O5S. The van der Waals surface area contributed by atoms with Crippen LogP contribution in [0.1, 0.15) is 18.9 Å². The van der Waals surface area contributed by atoms with Gasteiger partial charge in [-0.15, -0.1) is 0 Å². The van der Waals surface area contributed by atoms with Crippen LogP contribution in [0.25, 0.3) is 0 Å². The number of benzene rings is 2. The summed E-state index contributed by atoms with van der Waals surface area (Å²) >= 11 is 0. The molecule has 0 aliphatic carbocycles. The summed E-state index contributed by atoms with van der Waals surface area (Å²) in [6.07, 6.45) is 1.97. The monoisotopic (exact) mass is 461 g/mol. The molecule has 0 radical (unpaired) electrons. The number of ether oxygens (including phenoxy) is 1. The maximum Gasteiger partial charge on any atom is 0.244 e. The second-order valence-corrected chi connectivity index (χ2v) is 9.21. The van der Waals surface area contributed by atoms with Gasteiger partial charge in [0.15, 0.2) is 0 Å². The maximum absolute atomic E-state index is 13.4. The molecule has 0 heterocycles. The van der Waals surface area contributed by atoms with Crippen molar-refractivity contribution in [1.82, 2.24) is 10.2 Å². The van der Waals surface area contributed by atoms with Gasteiger partial charge in [-0.05, 0) is 30.5 Å². The third-order valence-corrected chi connectivity index (χ3v) is 6.28. The summed E-state index contributed by atoms with van der Waals surface area (Å²) < 4.78 is 31.5. The Labute approximate surface area is 190 Å². The molecule has 2 aromatic rings. The van der Waals surface area contributed by atoms with Gasteiger partial charge in [0.2, 0.25) is 21.8 Å². The molecule has 0 spiro atoms. The smallest absolute Gasteiger partial charge is 0.244 e. The molecule has 0 aliphatic heterocycles. The number of rotatable bonds is 11. The topological polar surface area (TPSA) is 96.0 Å². The first kappa shape index (κ1) is 25.2. The SMILES string of the molecule is CC[C@@H](C(=O)NC)N(CCc1ccccc1)C(=O)CN(c1ccccc1OC)S(C)(=O)=O. The van der Waals surface area contributed by atoms with E-state index in [-0.39, 0.29) is 18.1 Å². The fraction of sp³-hybridized carbons (Fsp3) is 0.391. The average Bonchev–Trinajstić information content (AvgIpc) is 2.79. The Morgan fingerprint density at radius 2 is 1.69 bits per heavy atom. The molecule has 2 aromatic carbocycles. The number of sulfonamides is 1. The van der Waals surface area contributed by atoms with Crippen LogP contribution in [0.2, 0.25) is 0 Å². The predicted molar refractivity (Wildman–Crippen MR) is 125 cm³/mol. The van der Waals surface area contributed by atoms with Crippen molar-refractivity contribution in [2.24, 2.45) is 0 Å². The minimum Gasteiger partial charge on any atom is -0.495 e. The lowest BCUT2D eigenvalue weighted by molar-refractivity contribution is -0.139. The number of likely N-dealkylation sites (N-methyl/N-ethyl adjacent to an activating group) is 1. The van der Waals surface area contributed by atoms with Crippen LogP contribution in [0.15, 0.2) is 54.6 Å². The normalized spacial score (nSPS) is 12.0. The fourth-order valence-electron chi connectivity index (χ4n) is 3.49. The van der Waals surface area contributed by atoms with E-state index in [0.29, 0.717) is 18.6 Å². The molecule has 0 aromatic heterocycles. The number of hydrogen-bond donors (Lipinski definition) is 1. The quantitative estimate of drug-likeness (QED) is 0.553. The van der Waals surface area contributed by atoms with Crippen molar-refractivity contribution in [3.8, 4) is 5.75 Å². The van der Waals surface area contributed by atoms with Crippen molar-refractivity contribution in [3.63, 3.8) is 0 Å². The molecule has 32 heavy (non-hydrogen) atoms. The number of amides is 2. The van der Waals surface area contributed by atoms with Crippen molar-refractivity contribution in [2.75, 3.05) is 37.8 Å². The Kier molecular flexibility index (Phi) is 9.07. The molecule has 0 unspecified atom stereocenters. The van der Waals surface area contributed by atoms with Crippen LogP contribution in [-0.4, -0.2) is 64.7 Å². The first-order valence-corrected chi connectivity index (χ1v) is 12.2. The number of carbonyl (C=O) groups is 2. The van der Waals surface area contributed by atoms with Crippen LogP contribution < -0.4 is 14.4 Å². The van der Waals surface area contributed by atoms with E-state index in [2.05, 4.69) is 5.32 Å². The summed E-state index contributed by atoms with van der Waals surface area (Å²) in [6, 6.07) is 15.5. The van der Waals surface area contributed by atoms with Crippen LogP contribution >= 0.6 is 0 Å². The Bertz CT molecular complexity index is 1010. The van der Waals surface area contributed by atoms with E-state index < -0.39 is 28.5 Å². The number of carbonyl (C=O) groups excluding carboxylic acids is 2. The number of para-hydroxylation sites is 2. The number of nitrogens with zero attached hydrogens (tertiary/aromatic N) is 2. The van der Waals surface area contributed by atoms with E-state index in [1.54, 1.807) is 24.3 Å². The maximum atomic E-state index is 13.4. The molecule has 0 fully saturated rings. The van der Waals surface area contributed by atoms with Crippen LogP contribution in [0.3, 0.4) is 0 Å². The third kappa shape index (κ3) is 6.46. The summed E-state index contributed by atoms with van der Waals surface area (Å²) in [4.78, 5) is 27.4. The van der Waals surface area contributed by atoms with Gasteiger partial charge in [0, 0.05) is 13.6 Å². The van der Waals surface area contributed by atoms with Crippen molar-refractivity contribution >= 4 is 27.5 Å². The number of anilines is 1. The second kappa shape index (κ2) is 11.5. The molecule has 8 nitrogen and oxygen atoms in total. The highest BCUT2D eigenvalue weighted by molar-refractivity contribution is 7.92. The van der Waals surface area contributed by atoms with Crippen LogP contribution in [-0.2, 0) is 26.0 Å². The van der Waals surface area contributed by atoms with Gasteiger partial charge in [0.1, 0.15) is 18.3 Å². The lowest BCUT2D eigenvalue weighted by Gasteiger charge is -2.32. The third-order valence-electron chi connectivity index (χ3n) is 5.15. The summed E-state index contributed by atoms with van der Waals surface area (Å²) in [5, 5.41) is 2.60. The highest BCUT2D eigenvalue weighted by atomic mass is 32.2. The zero-order valence-electron chi connectivity index (χ0n) is 18.9. The number of nitrogens with one attached hydrogen (secondary N) is 1. The zero-order valence-corrected chi connectivity index (χ0v) is 19.8. The van der Waals surface area contributed by atoms with Gasteiger partial charge in [-0.2, -0.15) is 0 Å². The lowest BCUT2D eigenvalue weighted by Crippen LogP contribution is -2.52. The minimum atomic E-state index is -3.80. The van der Waals surface area contributed by atoms with Crippen molar-refractivity contribution in [2.45, 2.75) is 25.8 Å². The van der Waals surface area contributed by atoms with Gasteiger partial charge < -0.3 is 15.0 Å². The molecule has 174 valence electrons.